The number of nitrogens with one attached hydrogen (secondary N) is 2. The van der Waals surface area contributed by atoms with Gasteiger partial charge in [0.1, 0.15) is 0 Å². The van der Waals surface area contributed by atoms with Gasteiger partial charge in [0, 0.05) is 18.6 Å². The first kappa shape index (κ1) is 13.3. The van der Waals surface area contributed by atoms with Crippen LogP contribution >= 0.6 is 0 Å². The molecule has 0 aromatic heterocycles. The average molecular weight is 239 g/mol. The molecule has 0 spiro atoms. The molecule has 3 nitrogen and oxygen atoms in total. The van der Waals surface area contributed by atoms with Gasteiger partial charge in [-0.15, -0.1) is 0 Å². The largest absolute Gasteiger partial charge is 0.317 e. The summed E-state index contributed by atoms with van der Waals surface area (Å²) in [6.07, 6.45) is 5.39. The number of hydrogen-bond donors (Lipinski definition) is 2. The van der Waals surface area contributed by atoms with E-state index >= 15 is 0 Å². The molecule has 0 amide bonds. The maximum atomic E-state index is 3.80. The Morgan fingerprint density at radius 2 is 1.82 bits per heavy atom. The fourth-order valence-electron chi connectivity index (χ4n) is 3.17. The molecule has 2 N–H and O–H groups in total. The number of hydrogen-bond acceptors (Lipinski definition) is 3. The summed E-state index contributed by atoms with van der Waals surface area (Å²) in [6, 6.07) is 1.49. The van der Waals surface area contributed by atoms with Crippen LogP contribution in [-0.2, 0) is 0 Å². The van der Waals surface area contributed by atoms with Gasteiger partial charge >= 0.3 is 0 Å². The molecule has 2 aliphatic heterocycles. The minimum absolute atomic E-state index is 0.743. The van der Waals surface area contributed by atoms with Gasteiger partial charge in [0.2, 0.25) is 0 Å². The van der Waals surface area contributed by atoms with Crippen LogP contribution in [-0.4, -0.2) is 49.7 Å². The Bertz CT molecular complexity index is 206. The molecule has 2 fully saturated rings. The Hall–Kier alpha value is -0.120. The third-order valence-corrected chi connectivity index (χ3v) is 4.33. The SMILES string of the molecule is CC(C)C(CNC1CCNCC1)N1CCCC1. The van der Waals surface area contributed by atoms with E-state index in [0.717, 1.165) is 18.0 Å². The van der Waals surface area contributed by atoms with Crippen molar-refractivity contribution in [1.82, 2.24) is 15.5 Å². The molecule has 2 aliphatic rings. The molecule has 0 aromatic rings. The van der Waals surface area contributed by atoms with Crippen molar-refractivity contribution in [2.75, 3.05) is 32.7 Å². The van der Waals surface area contributed by atoms with Gasteiger partial charge in [-0.05, 0) is 57.8 Å². The Kier molecular flexibility index (Phi) is 5.26. The first-order chi connectivity index (χ1) is 8.27. The van der Waals surface area contributed by atoms with Gasteiger partial charge < -0.3 is 10.6 Å². The Balaban J connectivity index is 1.76. The minimum Gasteiger partial charge on any atom is -0.317 e. The number of nitrogens with zero attached hydrogens (tertiary/aromatic N) is 1. The summed E-state index contributed by atoms with van der Waals surface area (Å²) < 4.78 is 0. The molecule has 1 atom stereocenters. The summed E-state index contributed by atoms with van der Waals surface area (Å²) in [6.45, 7) is 10.9. The Morgan fingerprint density at radius 1 is 1.18 bits per heavy atom. The highest BCUT2D eigenvalue weighted by Gasteiger charge is 2.25. The zero-order chi connectivity index (χ0) is 12.1. The number of likely N-dealkylation sites (tertiary alicyclic amines) is 1. The molecule has 0 aliphatic carbocycles. The van der Waals surface area contributed by atoms with Gasteiger partial charge in [-0.2, -0.15) is 0 Å². The molecule has 0 saturated carbocycles. The van der Waals surface area contributed by atoms with E-state index in [4.69, 9.17) is 0 Å². The second kappa shape index (κ2) is 6.72. The lowest BCUT2D eigenvalue weighted by atomic mass is 10.0. The third kappa shape index (κ3) is 3.94. The van der Waals surface area contributed by atoms with E-state index in [0.29, 0.717) is 0 Å². The molecular weight excluding hydrogens is 210 g/mol. The monoisotopic (exact) mass is 239 g/mol. The topological polar surface area (TPSA) is 27.3 Å². The normalized spacial score (nSPS) is 25.6. The van der Waals surface area contributed by atoms with Crippen LogP contribution in [0.1, 0.15) is 39.5 Å². The number of piperidine rings is 1. The Morgan fingerprint density at radius 3 is 2.41 bits per heavy atom. The summed E-state index contributed by atoms with van der Waals surface area (Å²) in [5.74, 6) is 0.766. The van der Waals surface area contributed by atoms with Crippen molar-refractivity contribution in [2.24, 2.45) is 5.92 Å². The smallest absolute Gasteiger partial charge is 0.0243 e. The minimum atomic E-state index is 0.743. The molecule has 100 valence electrons. The van der Waals surface area contributed by atoms with Gasteiger partial charge in [0.25, 0.3) is 0 Å². The first-order valence-corrected chi connectivity index (χ1v) is 7.45. The van der Waals surface area contributed by atoms with Crippen LogP contribution < -0.4 is 10.6 Å². The second-order valence-electron chi connectivity index (χ2n) is 5.99. The van der Waals surface area contributed by atoms with Crippen LogP contribution in [0.3, 0.4) is 0 Å². The highest BCUT2D eigenvalue weighted by atomic mass is 15.2. The molecule has 2 rings (SSSR count). The second-order valence-corrected chi connectivity index (χ2v) is 5.99. The summed E-state index contributed by atoms with van der Waals surface area (Å²) in [4.78, 5) is 2.69. The van der Waals surface area contributed by atoms with Gasteiger partial charge in [-0.25, -0.2) is 0 Å². The van der Waals surface area contributed by atoms with Crippen LogP contribution in [0, 0.1) is 5.92 Å². The fraction of sp³-hybridized carbons (Fsp3) is 1.00. The van der Waals surface area contributed by atoms with E-state index in [-0.39, 0.29) is 0 Å². The van der Waals surface area contributed by atoms with E-state index in [9.17, 15) is 0 Å². The van der Waals surface area contributed by atoms with Crippen molar-refractivity contribution >= 4 is 0 Å². The molecule has 0 bridgehead atoms. The van der Waals surface area contributed by atoms with Gasteiger partial charge in [-0.3, -0.25) is 4.90 Å². The molecule has 0 radical (unpaired) electrons. The summed E-state index contributed by atoms with van der Waals surface area (Å²) in [5, 5.41) is 7.23. The predicted octanol–water partition coefficient (Wildman–Crippen LogP) is 1.45. The molecule has 0 aromatic carbocycles. The van der Waals surface area contributed by atoms with Crippen molar-refractivity contribution in [1.29, 1.82) is 0 Å². The summed E-state index contributed by atoms with van der Waals surface area (Å²) in [7, 11) is 0. The average Bonchev–Trinajstić information content (AvgIpc) is 2.84. The Labute approximate surface area is 106 Å². The molecule has 1 unspecified atom stereocenters. The lowest BCUT2D eigenvalue weighted by Gasteiger charge is -2.33. The number of rotatable bonds is 5. The zero-order valence-electron chi connectivity index (χ0n) is 11.5. The lowest BCUT2D eigenvalue weighted by molar-refractivity contribution is 0.178. The van der Waals surface area contributed by atoms with Crippen molar-refractivity contribution in [3.8, 4) is 0 Å². The molecule has 2 heterocycles. The van der Waals surface area contributed by atoms with E-state index < -0.39 is 0 Å². The van der Waals surface area contributed by atoms with Crippen LogP contribution in [0.25, 0.3) is 0 Å². The molecular formula is C14H29N3. The third-order valence-electron chi connectivity index (χ3n) is 4.33. The van der Waals surface area contributed by atoms with E-state index in [2.05, 4.69) is 29.4 Å². The van der Waals surface area contributed by atoms with Crippen molar-refractivity contribution in [3.05, 3.63) is 0 Å². The van der Waals surface area contributed by atoms with E-state index in [1.807, 2.05) is 0 Å². The van der Waals surface area contributed by atoms with E-state index in [1.54, 1.807) is 0 Å². The zero-order valence-corrected chi connectivity index (χ0v) is 11.5. The van der Waals surface area contributed by atoms with Crippen LogP contribution in [0.5, 0.6) is 0 Å². The quantitative estimate of drug-likeness (QED) is 0.760. The molecule has 17 heavy (non-hydrogen) atoms. The summed E-state index contributed by atoms with van der Waals surface area (Å²) in [5.41, 5.74) is 0. The van der Waals surface area contributed by atoms with Crippen molar-refractivity contribution in [3.63, 3.8) is 0 Å². The predicted molar refractivity (Wildman–Crippen MR) is 73.3 cm³/mol. The van der Waals surface area contributed by atoms with Gasteiger partial charge in [0.05, 0.1) is 0 Å². The first-order valence-electron chi connectivity index (χ1n) is 7.45. The van der Waals surface area contributed by atoms with Crippen LogP contribution in [0.15, 0.2) is 0 Å². The van der Waals surface area contributed by atoms with Crippen molar-refractivity contribution < 1.29 is 0 Å². The highest BCUT2D eigenvalue weighted by molar-refractivity contribution is 4.83. The fourth-order valence-corrected chi connectivity index (χ4v) is 3.17. The maximum Gasteiger partial charge on any atom is 0.0243 e. The van der Waals surface area contributed by atoms with E-state index in [1.165, 1.54) is 58.4 Å². The van der Waals surface area contributed by atoms with Crippen LogP contribution in [0.2, 0.25) is 0 Å². The lowest BCUT2D eigenvalue weighted by Crippen LogP contribution is -2.49. The van der Waals surface area contributed by atoms with Crippen molar-refractivity contribution in [2.45, 2.75) is 51.6 Å². The van der Waals surface area contributed by atoms with Crippen LogP contribution in [0.4, 0.5) is 0 Å². The summed E-state index contributed by atoms with van der Waals surface area (Å²) >= 11 is 0. The maximum absolute atomic E-state index is 3.80. The molecule has 2 saturated heterocycles. The van der Waals surface area contributed by atoms with Gasteiger partial charge in [-0.1, -0.05) is 13.8 Å². The standard InChI is InChI=1S/C14H29N3/c1-12(2)14(17-9-3-4-10-17)11-16-13-5-7-15-8-6-13/h12-16H,3-11H2,1-2H3. The van der Waals surface area contributed by atoms with Gasteiger partial charge in [0.15, 0.2) is 0 Å². The highest BCUT2D eigenvalue weighted by Crippen LogP contribution is 2.17. The molecule has 3 heteroatoms.